The molecule has 2 aromatic carbocycles. The number of nitriles is 1. The van der Waals surface area contributed by atoms with Crippen molar-refractivity contribution in [3.8, 4) is 6.07 Å². The lowest BCUT2D eigenvalue weighted by Crippen LogP contribution is -2.16. The standard InChI is InChI=1S/C20H17N5.18H2/c1-13-9-16(11-21)5-7-18(13)20(25-15(3)23-12-24-25)17-6-8-19(22-4)14(2)10-17;;;;;;;;;;;;;;;;;;/h5-10,12,20H,1-3H3;18*1H. The summed E-state index contributed by atoms with van der Waals surface area (Å²) < 4.78 is 1.88. The van der Waals surface area contributed by atoms with Gasteiger partial charge in [0.05, 0.1) is 18.2 Å². The number of rotatable bonds is 3. The molecule has 5 nitrogen and oxygen atoms in total. The molecule has 0 saturated heterocycles. The Morgan fingerprint density at radius 2 is 1.96 bits per heavy atom. The van der Waals surface area contributed by atoms with E-state index < -0.39 is 0 Å². The number of hydrogen-bond donors (Lipinski definition) is 0. The van der Waals surface area contributed by atoms with Gasteiger partial charge in [-0.2, -0.15) is 10.4 Å². The Labute approximate surface area is 173 Å². The quantitative estimate of drug-likeness (QED) is 0.437. The SMILES string of the molecule is [C-]#[N+]c1ccc(C(c2ccc(C#N)cc2C)n2ncnc2C)cc1C.[HH].[HH].[HH].[HH].[HH].[HH].[HH].[HH].[HH].[HH].[HH].[HH].[HH].[HH].[HH].[HH].[HH].[HH]. The highest BCUT2D eigenvalue weighted by atomic mass is 15.3. The van der Waals surface area contributed by atoms with E-state index in [0.717, 1.165) is 28.1 Å². The van der Waals surface area contributed by atoms with E-state index in [2.05, 4.69) is 21.0 Å². The summed E-state index contributed by atoms with van der Waals surface area (Å²) in [7, 11) is 0. The van der Waals surface area contributed by atoms with Crippen molar-refractivity contribution < 1.29 is 25.7 Å². The molecule has 0 aliphatic carbocycles. The Kier molecular flexibility index (Phi) is 4.33. The normalized spacial score (nSPS) is 11.6. The van der Waals surface area contributed by atoms with Crippen LogP contribution in [0.25, 0.3) is 4.85 Å². The highest BCUT2D eigenvalue weighted by Gasteiger charge is 2.21. The molecule has 0 spiro atoms. The molecule has 0 N–H and O–H groups in total. The second kappa shape index (κ2) is 6.59. The van der Waals surface area contributed by atoms with Crippen LogP contribution in [0.1, 0.15) is 65.4 Å². The van der Waals surface area contributed by atoms with Crippen LogP contribution in [-0.4, -0.2) is 14.8 Å². The molecule has 3 rings (SSSR count). The van der Waals surface area contributed by atoms with Gasteiger partial charge in [-0.1, -0.05) is 24.3 Å². The fourth-order valence-corrected chi connectivity index (χ4v) is 3.04. The van der Waals surface area contributed by atoms with Gasteiger partial charge in [0.15, 0.2) is 5.69 Å². The summed E-state index contributed by atoms with van der Waals surface area (Å²) in [6, 6.07) is 13.5. The van der Waals surface area contributed by atoms with Crippen molar-refractivity contribution in [2.24, 2.45) is 0 Å². The minimum Gasteiger partial charge on any atom is -0.238 e. The van der Waals surface area contributed by atoms with Crippen LogP contribution in [0.4, 0.5) is 5.69 Å². The Morgan fingerprint density at radius 1 is 1.16 bits per heavy atom. The molecule has 1 unspecified atom stereocenters. The summed E-state index contributed by atoms with van der Waals surface area (Å²) in [5.74, 6) is 0.806. The van der Waals surface area contributed by atoms with E-state index >= 15 is 0 Å². The first-order valence-electron chi connectivity index (χ1n) is 7.90. The van der Waals surface area contributed by atoms with Gasteiger partial charge in [-0.05, 0) is 55.2 Å². The third kappa shape index (κ3) is 3.00. The zero-order valence-electron chi connectivity index (χ0n) is 14.4. The van der Waals surface area contributed by atoms with Crippen LogP contribution in [0.2, 0.25) is 0 Å². The molecule has 1 aromatic heterocycles. The van der Waals surface area contributed by atoms with E-state index in [4.69, 9.17) is 11.8 Å². The Hall–Kier alpha value is -3.44. The largest absolute Gasteiger partial charge is 0.238 e. The van der Waals surface area contributed by atoms with Crippen molar-refractivity contribution in [2.45, 2.75) is 26.8 Å². The van der Waals surface area contributed by atoms with Crippen molar-refractivity contribution in [3.05, 3.63) is 87.8 Å². The van der Waals surface area contributed by atoms with Gasteiger partial charge in [-0.25, -0.2) is 14.5 Å². The van der Waals surface area contributed by atoms with E-state index in [1.54, 1.807) is 6.33 Å². The third-order valence-electron chi connectivity index (χ3n) is 4.35. The molecule has 5 heteroatoms. The Morgan fingerprint density at radius 3 is 2.52 bits per heavy atom. The van der Waals surface area contributed by atoms with Crippen molar-refractivity contribution in [1.82, 2.24) is 14.8 Å². The number of aryl methyl sites for hydroxylation is 3. The van der Waals surface area contributed by atoms with E-state index in [1.807, 2.05) is 61.9 Å². The van der Waals surface area contributed by atoms with Crippen LogP contribution < -0.4 is 0 Å². The van der Waals surface area contributed by atoms with Crippen molar-refractivity contribution in [3.63, 3.8) is 0 Å². The van der Waals surface area contributed by atoms with Crippen LogP contribution in [-0.2, 0) is 0 Å². The molecule has 25 heavy (non-hydrogen) atoms. The molecule has 0 bridgehead atoms. The van der Waals surface area contributed by atoms with E-state index in [0.29, 0.717) is 11.3 Å². The van der Waals surface area contributed by atoms with Crippen molar-refractivity contribution in [1.29, 1.82) is 5.26 Å². The van der Waals surface area contributed by atoms with E-state index in [9.17, 15) is 0 Å². The summed E-state index contributed by atoms with van der Waals surface area (Å²) in [5.41, 5.74) is 5.32. The topological polar surface area (TPSA) is 58.9 Å². The maximum atomic E-state index is 9.12. The first-order valence-corrected chi connectivity index (χ1v) is 7.90. The number of nitrogens with zero attached hydrogens (tertiary/aromatic N) is 5. The lowest BCUT2D eigenvalue weighted by molar-refractivity contribution is 0.573. The molecular weight excluding hydrogens is 310 g/mol. The lowest BCUT2D eigenvalue weighted by atomic mass is 9.92. The molecule has 158 valence electrons. The number of aromatic nitrogens is 3. The van der Waals surface area contributed by atoms with Gasteiger partial charge in [-0.15, -0.1) is 0 Å². The molecule has 1 atom stereocenters. The van der Waals surface area contributed by atoms with E-state index in [1.165, 1.54) is 0 Å². The van der Waals surface area contributed by atoms with Gasteiger partial charge < -0.3 is 0 Å². The highest BCUT2D eigenvalue weighted by molar-refractivity contribution is 5.54. The second-order valence-corrected chi connectivity index (χ2v) is 6.00. The summed E-state index contributed by atoms with van der Waals surface area (Å²) >= 11 is 0. The van der Waals surface area contributed by atoms with Gasteiger partial charge >= 0.3 is 0 Å². The molecule has 0 aliphatic rings. The Bertz CT molecular complexity index is 1060. The van der Waals surface area contributed by atoms with Gasteiger partial charge in [-0.3, -0.25) is 0 Å². The molecule has 0 amide bonds. The number of hydrogen-bond acceptors (Lipinski definition) is 3. The van der Waals surface area contributed by atoms with Gasteiger partial charge in [0.25, 0.3) is 0 Å². The van der Waals surface area contributed by atoms with Crippen LogP contribution >= 0.6 is 0 Å². The van der Waals surface area contributed by atoms with Crippen LogP contribution in [0.3, 0.4) is 0 Å². The van der Waals surface area contributed by atoms with E-state index in [-0.39, 0.29) is 31.7 Å². The maximum absolute atomic E-state index is 9.12. The van der Waals surface area contributed by atoms with Crippen LogP contribution in [0.15, 0.2) is 42.7 Å². The summed E-state index contributed by atoms with van der Waals surface area (Å²) in [6.07, 6.45) is 1.54. The smallest absolute Gasteiger partial charge is 0.190 e. The predicted octanol–water partition coefficient (Wildman–Crippen LogP) is 8.69. The van der Waals surface area contributed by atoms with Crippen LogP contribution in [0.5, 0.6) is 0 Å². The second-order valence-electron chi connectivity index (χ2n) is 6.00. The average Bonchev–Trinajstić information content (AvgIpc) is 3.02. The maximum Gasteiger partial charge on any atom is 0.190 e. The summed E-state index contributed by atoms with van der Waals surface area (Å²) in [4.78, 5) is 7.80. The van der Waals surface area contributed by atoms with Gasteiger partial charge in [0, 0.05) is 25.7 Å². The third-order valence-corrected chi connectivity index (χ3v) is 4.35. The van der Waals surface area contributed by atoms with Crippen molar-refractivity contribution in [2.75, 3.05) is 0 Å². The Balaban J connectivity index is -0.0000000289. The van der Waals surface area contributed by atoms with Gasteiger partial charge in [0.1, 0.15) is 18.2 Å². The fraction of sp³-hybridized carbons (Fsp3) is 0.200. The van der Waals surface area contributed by atoms with Crippen LogP contribution in [0, 0.1) is 38.7 Å². The first kappa shape index (κ1) is 16.4. The summed E-state index contributed by atoms with van der Waals surface area (Å²) in [5, 5.41) is 13.5. The average molecular weight is 364 g/mol. The summed E-state index contributed by atoms with van der Waals surface area (Å²) in [6.45, 7) is 13.1. The minimum absolute atomic E-state index is 0. The first-order chi connectivity index (χ1) is 12.0. The van der Waals surface area contributed by atoms with Crippen molar-refractivity contribution >= 4 is 5.69 Å². The van der Waals surface area contributed by atoms with Gasteiger partial charge in [0.2, 0.25) is 0 Å². The zero-order chi connectivity index (χ0) is 18.0. The molecule has 0 fully saturated rings. The molecule has 0 aliphatic heterocycles. The molecular formula is C20H53N5. The fourth-order valence-electron chi connectivity index (χ4n) is 3.04. The lowest BCUT2D eigenvalue weighted by Gasteiger charge is -2.22. The zero-order valence-corrected chi connectivity index (χ0v) is 14.4. The molecule has 0 saturated carbocycles. The predicted molar refractivity (Wildman–Crippen MR) is 133 cm³/mol. The minimum atomic E-state index is -0.159. The molecule has 1 heterocycles. The number of benzene rings is 2. The highest BCUT2D eigenvalue weighted by Crippen LogP contribution is 2.32. The molecule has 3 aromatic rings. The molecule has 0 radical (unpaired) electrons. The monoisotopic (exact) mass is 363 g/mol.